The summed E-state index contributed by atoms with van der Waals surface area (Å²) in [5.74, 6) is 2.22. The lowest BCUT2D eigenvalue weighted by atomic mass is 10.3. The summed E-state index contributed by atoms with van der Waals surface area (Å²) in [5, 5.41) is 5.73. The zero-order valence-electron chi connectivity index (χ0n) is 8.69. The summed E-state index contributed by atoms with van der Waals surface area (Å²) < 4.78 is 0. The van der Waals surface area contributed by atoms with Gasteiger partial charge < -0.3 is 10.6 Å². The Morgan fingerprint density at radius 2 is 2.06 bits per heavy atom. The topological polar surface area (TPSA) is 41.1 Å². The number of para-hydroxylation sites is 1. The summed E-state index contributed by atoms with van der Waals surface area (Å²) in [5.41, 5.74) is 0.838. The number of benzene rings is 1. The van der Waals surface area contributed by atoms with E-state index in [1.807, 2.05) is 30.3 Å². The van der Waals surface area contributed by atoms with Crippen molar-refractivity contribution in [2.75, 3.05) is 5.32 Å². The minimum atomic E-state index is -0.175. The Morgan fingerprint density at radius 3 is 2.69 bits per heavy atom. The van der Waals surface area contributed by atoms with E-state index < -0.39 is 0 Å². The summed E-state index contributed by atoms with van der Waals surface area (Å²) >= 11 is 4.97. The summed E-state index contributed by atoms with van der Waals surface area (Å²) in [6, 6.07) is 9.38. The third kappa shape index (κ3) is 4.58. The van der Waals surface area contributed by atoms with Crippen LogP contribution < -0.4 is 10.6 Å². The lowest BCUT2D eigenvalue weighted by molar-refractivity contribution is -0.119. The van der Waals surface area contributed by atoms with Gasteiger partial charge in [0.25, 0.3) is 0 Å². The van der Waals surface area contributed by atoms with E-state index in [-0.39, 0.29) is 17.4 Å². The maximum absolute atomic E-state index is 11.3. The van der Waals surface area contributed by atoms with Crippen LogP contribution in [0.1, 0.15) is 12.8 Å². The van der Waals surface area contributed by atoms with Crippen LogP contribution in [0, 0.1) is 12.3 Å². The van der Waals surface area contributed by atoms with Crippen LogP contribution in [-0.2, 0) is 4.79 Å². The van der Waals surface area contributed by atoms with E-state index in [0.29, 0.717) is 6.42 Å². The van der Waals surface area contributed by atoms with Crippen LogP contribution in [0.2, 0.25) is 0 Å². The fourth-order valence-electron chi connectivity index (χ4n) is 1.06. The third-order valence-corrected chi connectivity index (χ3v) is 1.99. The minimum Gasteiger partial charge on any atom is -0.332 e. The van der Waals surface area contributed by atoms with Crippen molar-refractivity contribution in [2.45, 2.75) is 12.8 Å². The molecule has 1 aromatic rings. The van der Waals surface area contributed by atoms with Gasteiger partial charge in [0, 0.05) is 18.5 Å². The second-order valence-electron chi connectivity index (χ2n) is 3.07. The molecule has 0 saturated carbocycles. The van der Waals surface area contributed by atoms with E-state index in [9.17, 15) is 4.79 Å². The van der Waals surface area contributed by atoms with E-state index >= 15 is 0 Å². The van der Waals surface area contributed by atoms with E-state index in [0.717, 1.165) is 5.69 Å². The van der Waals surface area contributed by atoms with Crippen LogP contribution in [0.15, 0.2) is 30.3 Å². The molecule has 82 valence electrons. The zero-order valence-corrected chi connectivity index (χ0v) is 9.51. The number of rotatable bonds is 3. The smallest absolute Gasteiger partial charge is 0.227 e. The van der Waals surface area contributed by atoms with Crippen LogP contribution in [0.25, 0.3) is 0 Å². The third-order valence-electron chi connectivity index (χ3n) is 1.78. The van der Waals surface area contributed by atoms with Crippen molar-refractivity contribution in [3.05, 3.63) is 30.3 Å². The highest BCUT2D eigenvalue weighted by molar-refractivity contribution is 7.80. The number of terminal acetylenes is 1. The van der Waals surface area contributed by atoms with Crippen LogP contribution in [0.4, 0.5) is 5.69 Å². The first-order chi connectivity index (χ1) is 7.72. The fourth-order valence-corrected chi connectivity index (χ4v) is 1.29. The predicted octanol–water partition coefficient (Wildman–Crippen LogP) is 1.91. The Bertz CT molecular complexity index is 409. The first-order valence-corrected chi connectivity index (χ1v) is 5.22. The average molecular weight is 232 g/mol. The number of carbonyl (C=O) groups excluding carboxylic acids is 1. The summed E-state index contributed by atoms with van der Waals surface area (Å²) in [6.45, 7) is 0. The normalized spacial score (nSPS) is 8.94. The molecule has 0 aliphatic rings. The van der Waals surface area contributed by atoms with E-state index in [4.69, 9.17) is 18.6 Å². The largest absolute Gasteiger partial charge is 0.332 e. The van der Waals surface area contributed by atoms with E-state index in [2.05, 4.69) is 16.6 Å². The van der Waals surface area contributed by atoms with Crippen molar-refractivity contribution in [3.8, 4) is 12.3 Å². The molecule has 0 atom stereocenters. The molecule has 2 N–H and O–H groups in total. The molecule has 0 spiro atoms. The highest BCUT2D eigenvalue weighted by Gasteiger charge is 2.03. The fraction of sp³-hybridized carbons (Fsp3) is 0.167. The SMILES string of the molecule is C#CCCC(=O)NC(=S)Nc1ccccc1. The number of anilines is 1. The van der Waals surface area contributed by atoms with Crippen molar-refractivity contribution in [1.29, 1.82) is 0 Å². The van der Waals surface area contributed by atoms with Gasteiger partial charge in [0.15, 0.2) is 5.11 Å². The first kappa shape index (κ1) is 12.2. The lowest BCUT2D eigenvalue weighted by Crippen LogP contribution is -2.33. The van der Waals surface area contributed by atoms with Gasteiger partial charge in [0.05, 0.1) is 0 Å². The van der Waals surface area contributed by atoms with Crippen molar-refractivity contribution >= 4 is 28.9 Å². The molecule has 3 nitrogen and oxygen atoms in total. The average Bonchev–Trinajstić information content (AvgIpc) is 2.27. The molecule has 0 aliphatic carbocycles. The van der Waals surface area contributed by atoms with Crippen molar-refractivity contribution in [3.63, 3.8) is 0 Å². The summed E-state index contributed by atoms with van der Waals surface area (Å²) in [4.78, 5) is 11.3. The Balaban J connectivity index is 2.37. The van der Waals surface area contributed by atoms with Crippen molar-refractivity contribution in [2.24, 2.45) is 0 Å². The summed E-state index contributed by atoms with van der Waals surface area (Å²) in [7, 11) is 0. The maximum atomic E-state index is 11.3. The number of hydrogen-bond donors (Lipinski definition) is 2. The molecule has 0 radical (unpaired) electrons. The Kier molecular flexibility index (Phi) is 5.03. The minimum absolute atomic E-state index is 0.175. The highest BCUT2D eigenvalue weighted by atomic mass is 32.1. The Labute approximate surface area is 100 Å². The molecule has 0 aromatic heterocycles. The van der Waals surface area contributed by atoms with Gasteiger partial charge in [-0.05, 0) is 24.4 Å². The molecular formula is C12H12N2OS. The van der Waals surface area contributed by atoms with Gasteiger partial charge >= 0.3 is 0 Å². The number of nitrogens with one attached hydrogen (secondary N) is 2. The van der Waals surface area contributed by atoms with Crippen LogP contribution in [0.5, 0.6) is 0 Å². The van der Waals surface area contributed by atoms with Crippen molar-refractivity contribution in [1.82, 2.24) is 5.32 Å². The second-order valence-corrected chi connectivity index (χ2v) is 3.48. The Morgan fingerprint density at radius 1 is 1.38 bits per heavy atom. The van der Waals surface area contributed by atoms with Gasteiger partial charge in [-0.1, -0.05) is 18.2 Å². The van der Waals surface area contributed by atoms with Gasteiger partial charge in [-0.3, -0.25) is 4.79 Å². The van der Waals surface area contributed by atoms with Crippen LogP contribution in [-0.4, -0.2) is 11.0 Å². The van der Waals surface area contributed by atoms with Gasteiger partial charge in [-0.15, -0.1) is 12.3 Å². The number of hydrogen-bond acceptors (Lipinski definition) is 2. The monoisotopic (exact) mass is 232 g/mol. The number of carbonyl (C=O) groups is 1. The molecule has 16 heavy (non-hydrogen) atoms. The highest BCUT2D eigenvalue weighted by Crippen LogP contribution is 2.04. The van der Waals surface area contributed by atoms with E-state index in [1.54, 1.807) is 0 Å². The van der Waals surface area contributed by atoms with Crippen molar-refractivity contribution < 1.29 is 4.79 Å². The van der Waals surface area contributed by atoms with E-state index in [1.165, 1.54) is 0 Å². The Hall–Kier alpha value is -1.86. The quantitative estimate of drug-likeness (QED) is 0.618. The molecule has 0 unspecified atom stereocenters. The summed E-state index contributed by atoms with van der Waals surface area (Å²) in [6.07, 6.45) is 5.75. The molecule has 1 aromatic carbocycles. The van der Waals surface area contributed by atoms with Crippen LogP contribution in [0.3, 0.4) is 0 Å². The standard InChI is InChI=1S/C12H12N2OS/c1-2-3-9-11(15)14-12(16)13-10-7-5-4-6-8-10/h1,4-8H,3,9H2,(H2,13,14,15,16). The molecule has 1 rings (SSSR count). The zero-order chi connectivity index (χ0) is 11.8. The first-order valence-electron chi connectivity index (χ1n) is 4.81. The maximum Gasteiger partial charge on any atom is 0.227 e. The second kappa shape index (κ2) is 6.59. The molecule has 0 fully saturated rings. The number of thiocarbonyl (C=S) groups is 1. The lowest BCUT2D eigenvalue weighted by Gasteiger charge is -2.08. The molecule has 0 heterocycles. The molecule has 4 heteroatoms. The van der Waals surface area contributed by atoms with Gasteiger partial charge in [-0.2, -0.15) is 0 Å². The molecular weight excluding hydrogens is 220 g/mol. The van der Waals surface area contributed by atoms with Gasteiger partial charge in [-0.25, -0.2) is 0 Å². The number of amides is 1. The van der Waals surface area contributed by atoms with Crippen LogP contribution >= 0.6 is 12.2 Å². The van der Waals surface area contributed by atoms with Gasteiger partial charge in [0.2, 0.25) is 5.91 Å². The molecule has 0 aliphatic heterocycles. The molecule has 0 bridgehead atoms. The molecule has 0 saturated heterocycles. The molecule has 1 amide bonds. The predicted molar refractivity (Wildman–Crippen MR) is 68.9 cm³/mol. The van der Waals surface area contributed by atoms with Gasteiger partial charge in [0.1, 0.15) is 0 Å².